The Kier molecular flexibility index (Phi) is 3.38. The molecule has 0 bridgehead atoms. The molecule has 0 aliphatic rings. The first-order chi connectivity index (χ1) is 9.68. The standard InChI is InChI=1S/C16H14ClN3/c1-10(18)12-9-20-16-11(5-4-6-13(16)17)15(12)14-7-2-3-8-19-14/h2-10H,18H2,1H3/t10-/m1/s1. The zero-order valence-corrected chi connectivity index (χ0v) is 11.8. The molecule has 2 N–H and O–H groups in total. The average molecular weight is 284 g/mol. The maximum absolute atomic E-state index is 6.23. The first-order valence-electron chi connectivity index (χ1n) is 6.42. The zero-order chi connectivity index (χ0) is 14.1. The Balaban J connectivity index is 2.42. The Morgan fingerprint density at radius 1 is 1.10 bits per heavy atom. The first kappa shape index (κ1) is 13.0. The molecule has 0 saturated carbocycles. The van der Waals surface area contributed by atoms with Crippen LogP contribution < -0.4 is 5.73 Å². The smallest absolute Gasteiger partial charge is 0.0895 e. The van der Waals surface area contributed by atoms with Gasteiger partial charge in [-0.2, -0.15) is 0 Å². The summed E-state index contributed by atoms with van der Waals surface area (Å²) in [7, 11) is 0. The summed E-state index contributed by atoms with van der Waals surface area (Å²) in [6.45, 7) is 1.94. The topological polar surface area (TPSA) is 51.8 Å². The van der Waals surface area contributed by atoms with E-state index in [1.54, 1.807) is 12.4 Å². The van der Waals surface area contributed by atoms with Crippen LogP contribution >= 0.6 is 11.6 Å². The van der Waals surface area contributed by atoms with Gasteiger partial charge in [-0.3, -0.25) is 9.97 Å². The van der Waals surface area contributed by atoms with Crippen LogP contribution in [0.3, 0.4) is 0 Å². The Labute approximate surface area is 122 Å². The minimum Gasteiger partial charge on any atom is -0.324 e. The number of halogens is 1. The minimum absolute atomic E-state index is 0.122. The zero-order valence-electron chi connectivity index (χ0n) is 11.0. The van der Waals surface area contributed by atoms with E-state index in [0.29, 0.717) is 5.02 Å². The summed E-state index contributed by atoms with van der Waals surface area (Å²) in [4.78, 5) is 8.89. The molecule has 0 aliphatic carbocycles. The number of rotatable bonds is 2. The van der Waals surface area contributed by atoms with Crippen molar-refractivity contribution in [1.29, 1.82) is 0 Å². The van der Waals surface area contributed by atoms with Gasteiger partial charge < -0.3 is 5.73 Å². The van der Waals surface area contributed by atoms with Crippen molar-refractivity contribution in [1.82, 2.24) is 9.97 Å². The number of benzene rings is 1. The molecule has 4 heteroatoms. The molecular formula is C16H14ClN3. The van der Waals surface area contributed by atoms with Gasteiger partial charge in [0.25, 0.3) is 0 Å². The highest BCUT2D eigenvalue weighted by Gasteiger charge is 2.15. The van der Waals surface area contributed by atoms with Gasteiger partial charge in [-0.05, 0) is 30.7 Å². The normalized spacial score (nSPS) is 12.6. The quantitative estimate of drug-likeness (QED) is 0.774. The van der Waals surface area contributed by atoms with E-state index in [1.165, 1.54) is 0 Å². The number of pyridine rings is 2. The Hall–Kier alpha value is -1.97. The van der Waals surface area contributed by atoms with Gasteiger partial charge in [-0.1, -0.05) is 29.8 Å². The number of para-hydroxylation sites is 1. The predicted octanol–water partition coefficient (Wildman–Crippen LogP) is 3.97. The number of fused-ring (bicyclic) bond motifs is 1. The molecule has 0 aliphatic heterocycles. The molecule has 1 atom stereocenters. The highest BCUT2D eigenvalue weighted by molar-refractivity contribution is 6.35. The van der Waals surface area contributed by atoms with Gasteiger partial charge in [0.15, 0.2) is 0 Å². The maximum Gasteiger partial charge on any atom is 0.0895 e. The Morgan fingerprint density at radius 2 is 1.95 bits per heavy atom. The summed E-state index contributed by atoms with van der Waals surface area (Å²) in [5.74, 6) is 0. The lowest BCUT2D eigenvalue weighted by Crippen LogP contribution is -2.08. The first-order valence-corrected chi connectivity index (χ1v) is 6.80. The third-order valence-corrected chi connectivity index (χ3v) is 3.59. The van der Waals surface area contributed by atoms with Gasteiger partial charge in [0, 0.05) is 29.4 Å². The number of aromatic nitrogens is 2. The van der Waals surface area contributed by atoms with E-state index in [-0.39, 0.29) is 6.04 Å². The average Bonchev–Trinajstić information content (AvgIpc) is 2.47. The molecule has 1 aromatic carbocycles. The third-order valence-electron chi connectivity index (χ3n) is 3.29. The molecule has 0 amide bonds. The minimum atomic E-state index is -0.122. The third kappa shape index (κ3) is 2.15. The van der Waals surface area contributed by atoms with Crippen LogP contribution in [0.25, 0.3) is 22.2 Å². The van der Waals surface area contributed by atoms with E-state index >= 15 is 0 Å². The molecule has 0 radical (unpaired) electrons. The summed E-state index contributed by atoms with van der Waals surface area (Å²) in [6.07, 6.45) is 3.57. The van der Waals surface area contributed by atoms with Crippen LogP contribution in [-0.2, 0) is 0 Å². The van der Waals surface area contributed by atoms with Crippen LogP contribution in [-0.4, -0.2) is 9.97 Å². The van der Waals surface area contributed by atoms with Gasteiger partial charge in [0.05, 0.1) is 16.2 Å². The van der Waals surface area contributed by atoms with E-state index in [4.69, 9.17) is 17.3 Å². The van der Waals surface area contributed by atoms with Crippen LogP contribution in [0.1, 0.15) is 18.5 Å². The van der Waals surface area contributed by atoms with Gasteiger partial charge in [-0.15, -0.1) is 0 Å². The molecule has 100 valence electrons. The summed E-state index contributed by atoms with van der Waals surface area (Å²) in [5, 5.41) is 1.61. The highest BCUT2D eigenvalue weighted by Crippen LogP contribution is 2.34. The fraction of sp³-hybridized carbons (Fsp3) is 0.125. The predicted molar refractivity (Wildman–Crippen MR) is 82.6 cm³/mol. The summed E-state index contributed by atoms with van der Waals surface area (Å²) in [6, 6.07) is 11.5. The van der Waals surface area contributed by atoms with Crippen LogP contribution in [0.15, 0.2) is 48.8 Å². The monoisotopic (exact) mass is 283 g/mol. The molecule has 20 heavy (non-hydrogen) atoms. The number of hydrogen-bond acceptors (Lipinski definition) is 3. The van der Waals surface area contributed by atoms with Gasteiger partial charge in [0.2, 0.25) is 0 Å². The van der Waals surface area contributed by atoms with Crippen molar-refractivity contribution in [3.63, 3.8) is 0 Å². The van der Waals surface area contributed by atoms with Gasteiger partial charge in [0.1, 0.15) is 0 Å². The molecule has 3 nitrogen and oxygen atoms in total. The van der Waals surface area contributed by atoms with Crippen LogP contribution in [0.5, 0.6) is 0 Å². The van der Waals surface area contributed by atoms with E-state index < -0.39 is 0 Å². The lowest BCUT2D eigenvalue weighted by molar-refractivity contribution is 0.816. The van der Waals surface area contributed by atoms with Crippen LogP contribution in [0.4, 0.5) is 0 Å². The molecule has 2 aromatic heterocycles. The highest BCUT2D eigenvalue weighted by atomic mass is 35.5. The van der Waals surface area contributed by atoms with Crippen LogP contribution in [0.2, 0.25) is 5.02 Å². The van der Waals surface area contributed by atoms with Crippen molar-refractivity contribution < 1.29 is 0 Å². The molecule has 2 heterocycles. The number of hydrogen-bond donors (Lipinski definition) is 1. The molecule has 0 saturated heterocycles. The largest absolute Gasteiger partial charge is 0.324 e. The molecule has 3 aromatic rings. The Bertz CT molecular complexity index is 754. The van der Waals surface area contributed by atoms with E-state index in [1.807, 2.05) is 43.3 Å². The van der Waals surface area contributed by atoms with E-state index in [9.17, 15) is 0 Å². The molecule has 3 rings (SSSR count). The second-order valence-electron chi connectivity index (χ2n) is 4.73. The van der Waals surface area contributed by atoms with Crippen LogP contribution in [0, 0.1) is 0 Å². The SMILES string of the molecule is C[C@@H](N)c1cnc2c(Cl)cccc2c1-c1ccccn1. The molecule has 0 spiro atoms. The van der Waals surface area contributed by atoms with Gasteiger partial charge >= 0.3 is 0 Å². The Morgan fingerprint density at radius 3 is 2.65 bits per heavy atom. The number of nitrogens with zero attached hydrogens (tertiary/aromatic N) is 2. The van der Waals surface area contributed by atoms with Crippen molar-refractivity contribution in [2.45, 2.75) is 13.0 Å². The molecule has 0 fully saturated rings. The van der Waals surface area contributed by atoms with E-state index in [0.717, 1.165) is 27.7 Å². The second kappa shape index (κ2) is 5.19. The van der Waals surface area contributed by atoms with Crippen molar-refractivity contribution in [2.75, 3.05) is 0 Å². The number of nitrogens with two attached hydrogens (primary N) is 1. The maximum atomic E-state index is 6.23. The van der Waals surface area contributed by atoms with Crippen molar-refractivity contribution >= 4 is 22.5 Å². The fourth-order valence-electron chi connectivity index (χ4n) is 2.34. The van der Waals surface area contributed by atoms with Crippen molar-refractivity contribution in [2.24, 2.45) is 5.73 Å². The summed E-state index contributed by atoms with van der Waals surface area (Å²) in [5.41, 5.74) is 9.72. The lowest BCUT2D eigenvalue weighted by atomic mass is 9.96. The van der Waals surface area contributed by atoms with Crippen molar-refractivity contribution in [3.8, 4) is 11.3 Å². The van der Waals surface area contributed by atoms with Crippen molar-refractivity contribution in [3.05, 3.63) is 59.4 Å². The molecular weight excluding hydrogens is 270 g/mol. The summed E-state index contributed by atoms with van der Waals surface area (Å²) >= 11 is 6.23. The molecule has 0 unspecified atom stereocenters. The van der Waals surface area contributed by atoms with Gasteiger partial charge in [-0.25, -0.2) is 0 Å². The lowest BCUT2D eigenvalue weighted by Gasteiger charge is -2.15. The second-order valence-corrected chi connectivity index (χ2v) is 5.14. The fourth-order valence-corrected chi connectivity index (χ4v) is 2.57. The van der Waals surface area contributed by atoms with E-state index in [2.05, 4.69) is 9.97 Å². The summed E-state index contributed by atoms with van der Waals surface area (Å²) < 4.78 is 0.